The monoisotopic (exact) mass is 352 g/mol. The van der Waals surface area contributed by atoms with Gasteiger partial charge in [0.25, 0.3) is 0 Å². The van der Waals surface area contributed by atoms with Crippen LogP contribution < -0.4 is 10.1 Å². The van der Waals surface area contributed by atoms with Gasteiger partial charge in [-0.3, -0.25) is 0 Å². The van der Waals surface area contributed by atoms with Gasteiger partial charge < -0.3 is 14.8 Å². The quantitative estimate of drug-likeness (QED) is 0.706. The lowest BCUT2D eigenvalue weighted by Gasteiger charge is -2.10. The molecule has 138 valence electrons. The molecule has 0 amide bonds. The van der Waals surface area contributed by atoms with Gasteiger partial charge in [0.05, 0.1) is 6.61 Å². The number of allylic oxidation sites excluding steroid dienone is 1. The Bertz CT molecular complexity index is 726. The molecule has 0 saturated carbocycles. The number of hydrogen-bond donors (Lipinski definition) is 1. The van der Waals surface area contributed by atoms with Gasteiger partial charge in [0.15, 0.2) is 0 Å². The highest BCUT2D eigenvalue weighted by atomic mass is 16.5. The first-order chi connectivity index (χ1) is 12.6. The summed E-state index contributed by atoms with van der Waals surface area (Å²) in [7, 11) is 0. The Balaban J connectivity index is 0.000000431. The lowest BCUT2D eigenvalue weighted by atomic mass is 10.0. The number of Topliss-reactive ketones (excluding diaryl/α,β-unsaturated/α-hetero) is 1. The van der Waals surface area contributed by atoms with Gasteiger partial charge in [0, 0.05) is 19.2 Å². The van der Waals surface area contributed by atoms with Crippen molar-refractivity contribution in [2.75, 3.05) is 18.5 Å². The zero-order valence-corrected chi connectivity index (χ0v) is 15.9. The Morgan fingerprint density at radius 2 is 2.08 bits per heavy atom. The molecule has 0 bridgehead atoms. The van der Waals surface area contributed by atoms with Crippen LogP contribution in [0.5, 0.6) is 5.75 Å². The average molecular weight is 352 g/mol. The van der Waals surface area contributed by atoms with E-state index >= 15 is 0 Å². The third-order valence-corrected chi connectivity index (χ3v) is 4.17. The normalized spacial score (nSPS) is 14.2. The molecular formula is C22H28N2O2. The van der Waals surface area contributed by atoms with Crippen LogP contribution in [0.1, 0.15) is 50.7 Å². The predicted octanol–water partition coefficient (Wildman–Crippen LogP) is 5.08. The van der Waals surface area contributed by atoms with Crippen molar-refractivity contribution in [3.8, 4) is 5.75 Å². The fraction of sp³-hybridized carbons (Fsp3) is 0.364. The third kappa shape index (κ3) is 6.36. The standard InChI is InChI=1S/C18H20N2O.C4H8O/c1-14-6-7-15-13-16(8-9-17(14)15)21-12-4-11-20-18-5-2-3-10-19-18;1-3-4(2)5/h2-3,5-10,13-14H,4,11-12H2,1H3,(H,19,20);3H2,1-2H3. The van der Waals surface area contributed by atoms with E-state index in [9.17, 15) is 4.79 Å². The second-order valence-corrected chi connectivity index (χ2v) is 6.34. The fourth-order valence-electron chi connectivity index (χ4n) is 2.50. The highest BCUT2D eigenvalue weighted by molar-refractivity contribution is 5.74. The van der Waals surface area contributed by atoms with Crippen LogP contribution >= 0.6 is 0 Å². The second-order valence-electron chi connectivity index (χ2n) is 6.34. The molecule has 1 aliphatic rings. The van der Waals surface area contributed by atoms with E-state index in [0.717, 1.165) is 24.5 Å². The molecule has 0 spiro atoms. The SMILES string of the molecule is CC1C=Cc2cc(OCCCNc3ccccn3)ccc21.CCC(C)=O. The van der Waals surface area contributed by atoms with Crippen LogP contribution in [0.4, 0.5) is 5.82 Å². The van der Waals surface area contributed by atoms with Crippen molar-refractivity contribution >= 4 is 17.7 Å². The minimum atomic E-state index is 0.255. The average Bonchev–Trinajstić information content (AvgIpc) is 3.03. The lowest BCUT2D eigenvalue weighted by molar-refractivity contribution is -0.116. The number of benzene rings is 1. The number of hydrogen-bond acceptors (Lipinski definition) is 4. The van der Waals surface area contributed by atoms with Crippen molar-refractivity contribution in [1.29, 1.82) is 0 Å². The fourth-order valence-corrected chi connectivity index (χ4v) is 2.50. The van der Waals surface area contributed by atoms with Crippen molar-refractivity contribution in [3.63, 3.8) is 0 Å². The molecule has 1 heterocycles. The van der Waals surface area contributed by atoms with E-state index in [1.54, 1.807) is 13.1 Å². The van der Waals surface area contributed by atoms with E-state index in [-0.39, 0.29) is 5.78 Å². The lowest BCUT2D eigenvalue weighted by Crippen LogP contribution is -2.08. The van der Waals surface area contributed by atoms with Crippen molar-refractivity contribution in [2.24, 2.45) is 0 Å². The molecule has 0 fully saturated rings. The molecule has 26 heavy (non-hydrogen) atoms. The number of nitrogens with one attached hydrogen (secondary N) is 1. The summed E-state index contributed by atoms with van der Waals surface area (Å²) in [4.78, 5) is 14.0. The number of ether oxygens (including phenoxy) is 1. The minimum Gasteiger partial charge on any atom is -0.494 e. The van der Waals surface area contributed by atoms with Gasteiger partial charge in [-0.25, -0.2) is 4.98 Å². The maximum atomic E-state index is 9.81. The van der Waals surface area contributed by atoms with E-state index in [0.29, 0.717) is 18.9 Å². The molecule has 2 aromatic rings. The molecule has 4 heteroatoms. The Hall–Kier alpha value is -2.62. The smallest absolute Gasteiger partial charge is 0.129 e. The van der Waals surface area contributed by atoms with E-state index in [1.165, 1.54) is 11.1 Å². The van der Waals surface area contributed by atoms with Crippen LogP contribution in [0.25, 0.3) is 6.08 Å². The zero-order chi connectivity index (χ0) is 18.8. The van der Waals surface area contributed by atoms with E-state index in [1.807, 2.05) is 25.1 Å². The predicted molar refractivity (Wildman–Crippen MR) is 108 cm³/mol. The van der Waals surface area contributed by atoms with Crippen LogP contribution in [-0.2, 0) is 4.79 Å². The number of anilines is 1. The molecule has 0 aliphatic heterocycles. The van der Waals surface area contributed by atoms with E-state index in [2.05, 4.69) is 47.6 Å². The molecule has 0 saturated heterocycles. The van der Waals surface area contributed by atoms with Crippen LogP contribution in [0.3, 0.4) is 0 Å². The Morgan fingerprint density at radius 3 is 2.77 bits per heavy atom. The largest absolute Gasteiger partial charge is 0.494 e. The second kappa shape index (κ2) is 10.4. The molecule has 1 aliphatic carbocycles. The van der Waals surface area contributed by atoms with Gasteiger partial charge in [-0.1, -0.05) is 38.1 Å². The van der Waals surface area contributed by atoms with E-state index < -0.39 is 0 Å². The summed E-state index contributed by atoms with van der Waals surface area (Å²) >= 11 is 0. The summed E-state index contributed by atoms with van der Waals surface area (Å²) in [6, 6.07) is 12.2. The number of pyridine rings is 1. The molecule has 1 aromatic carbocycles. The van der Waals surface area contributed by atoms with Gasteiger partial charge in [-0.05, 0) is 54.7 Å². The Labute approximate surface area is 156 Å². The van der Waals surface area contributed by atoms with Gasteiger partial charge in [0.2, 0.25) is 0 Å². The van der Waals surface area contributed by atoms with Crippen LogP contribution in [0.15, 0.2) is 48.7 Å². The summed E-state index contributed by atoms with van der Waals surface area (Å²) in [5.41, 5.74) is 2.67. The number of nitrogens with zero attached hydrogens (tertiary/aromatic N) is 1. The molecule has 0 radical (unpaired) electrons. The number of aromatic nitrogens is 1. The van der Waals surface area contributed by atoms with Crippen molar-refractivity contribution < 1.29 is 9.53 Å². The summed E-state index contributed by atoms with van der Waals surface area (Å²) in [5.74, 6) is 2.64. The number of carbonyl (C=O) groups is 1. The first-order valence-electron chi connectivity index (χ1n) is 9.19. The summed E-state index contributed by atoms with van der Waals surface area (Å²) < 4.78 is 5.81. The molecule has 4 nitrogen and oxygen atoms in total. The number of fused-ring (bicyclic) bond motifs is 1. The Kier molecular flexibility index (Phi) is 7.87. The third-order valence-electron chi connectivity index (χ3n) is 4.17. The Morgan fingerprint density at radius 1 is 1.27 bits per heavy atom. The number of ketones is 1. The molecule has 1 unspecified atom stereocenters. The topological polar surface area (TPSA) is 51.2 Å². The number of rotatable bonds is 7. The van der Waals surface area contributed by atoms with Crippen molar-refractivity contribution in [1.82, 2.24) is 4.98 Å². The minimum absolute atomic E-state index is 0.255. The maximum Gasteiger partial charge on any atom is 0.129 e. The molecule has 1 aromatic heterocycles. The zero-order valence-electron chi connectivity index (χ0n) is 15.9. The summed E-state index contributed by atoms with van der Waals surface area (Å²) in [6.07, 6.45) is 7.80. The highest BCUT2D eigenvalue weighted by Gasteiger charge is 2.12. The van der Waals surface area contributed by atoms with Crippen LogP contribution in [0.2, 0.25) is 0 Å². The molecule has 3 rings (SSSR count). The summed E-state index contributed by atoms with van der Waals surface area (Å²) in [5, 5.41) is 3.28. The van der Waals surface area contributed by atoms with Crippen LogP contribution in [0, 0.1) is 0 Å². The van der Waals surface area contributed by atoms with Crippen molar-refractivity contribution in [2.45, 2.75) is 39.5 Å². The molecule has 1 atom stereocenters. The van der Waals surface area contributed by atoms with Gasteiger partial charge in [0.1, 0.15) is 17.4 Å². The molecule has 1 N–H and O–H groups in total. The van der Waals surface area contributed by atoms with Crippen LogP contribution in [-0.4, -0.2) is 23.9 Å². The van der Waals surface area contributed by atoms with Gasteiger partial charge in [-0.15, -0.1) is 0 Å². The van der Waals surface area contributed by atoms with Gasteiger partial charge >= 0.3 is 0 Å². The first kappa shape index (κ1) is 19.7. The summed E-state index contributed by atoms with van der Waals surface area (Å²) in [6.45, 7) is 7.21. The first-order valence-corrected chi connectivity index (χ1v) is 9.19. The highest BCUT2D eigenvalue weighted by Crippen LogP contribution is 2.32. The van der Waals surface area contributed by atoms with Gasteiger partial charge in [-0.2, -0.15) is 0 Å². The molecular weight excluding hydrogens is 324 g/mol. The number of carbonyl (C=O) groups excluding carboxylic acids is 1. The van der Waals surface area contributed by atoms with Crippen molar-refractivity contribution in [3.05, 3.63) is 59.8 Å². The van der Waals surface area contributed by atoms with E-state index in [4.69, 9.17) is 4.74 Å². The maximum absolute atomic E-state index is 9.81.